The number of aliphatic hydroxyl groups is 1. The molecule has 2 atom stereocenters. The molecule has 22 heavy (non-hydrogen) atoms. The maximum atomic E-state index is 13.1. The number of carbonyl (C=O) groups excluding carboxylic acids is 1. The third-order valence-electron chi connectivity index (χ3n) is 4.92. The van der Waals surface area contributed by atoms with Gasteiger partial charge in [0, 0.05) is 19.7 Å². The zero-order valence-electron chi connectivity index (χ0n) is 13.1. The number of amides is 1. The van der Waals surface area contributed by atoms with E-state index in [9.17, 15) is 9.90 Å². The highest BCUT2D eigenvalue weighted by molar-refractivity contribution is 7.80. The number of benzene rings is 1. The number of hydrogen-bond acceptors (Lipinski definition) is 3. The van der Waals surface area contributed by atoms with Gasteiger partial charge in [-0.2, -0.15) is 0 Å². The van der Waals surface area contributed by atoms with E-state index in [-0.39, 0.29) is 5.91 Å². The first-order valence-electron chi connectivity index (χ1n) is 7.56. The summed E-state index contributed by atoms with van der Waals surface area (Å²) < 4.78 is 0. The molecule has 1 amide bonds. The second-order valence-electron chi connectivity index (χ2n) is 6.05. The molecule has 1 fully saturated rings. The quantitative estimate of drug-likeness (QED) is 0.828. The zero-order chi connectivity index (χ0) is 16.1. The average molecular weight is 319 g/mol. The summed E-state index contributed by atoms with van der Waals surface area (Å²) in [6.45, 7) is 2.07. The Bertz CT molecular complexity index is 650. The molecule has 6 heteroatoms. The van der Waals surface area contributed by atoms with Crippen LogP contribution in [0.3, 0.4) is 0 Å². The number of nitrogens with one attached hydrogen (secondary N) is 1. The van der Waals surface area contributed by atoms with Crippen LogP contribution in [0.4, 0.5) is 5.69 Å². The highest BCUT2D eigenvalue weighted by Gasteiger charge is 2.68. The van der Waals surface area contributed by atoms with Gasteiger partial charge in [-0.05, 0) is 24.7 Å². The third-order valence-corrected chi connectivity index (χ3v) is 5.30. The fourth-order valence-corrected chi connectivity index (χ4v) is 3.95. The van der Waals surface area contributed by atoms with E-state index in [1.807, 2.05) is 24.3 Å². The van der Waals surface area contributed by atoms with Crippen molar-refractivity contribution in [3.63, 3.8) is 0 Å². The van der Waals surface area contributed by atoms with Gasteiger partial charge < -0.3 is 20.2 Å². The van der Waals surface area contributed by atoms with Crippen LogP contribution in [-0.4, -0.2) is 40.7 Å². The molecular weight excluding hydrogens is 298 g/mol. The van der Waals surface area contributed by atoms with Crippen LogP contribution in [-0.2, 0) is 10.5 Å². The van der Waals surface area contributed by atoms with Crippen LogP contribution in [0.5, 0.6) is 0 Å². The molecule has 2 N–H and O–H groups in total. The number of unbranched alkanes of at least 4 members (excludes halogenated alkanes) is 1. The topological polar surface area (TPSA) is 55.8 Å². The highest BCUT2D eigenvalue weighted by atomic mass is 32.1. The molecule has 3 rings (SSSR count). The minimum Gasteiger partial charge on any atom is -0.364 e. The minimum atomic E-state index is -1.46. The summed E-state index contributed by atoms with van der Waals surface area (Å²) in [7, 11) is 3.48. The van der Waals surface area contributed by atoms with Gasteiger partial charge in [-0.3, -0.25) is 4.79 Å². The molecule has 118 valence electrons. The van der Waals surface area contributed by atoms with Crippen LogP contribution in [0, 0.1) is 0 Å². The Morgan fingerprint density at radius 3 is 2.68 bits per heavy atom. The van der Waals surface area contributed by atoms with Gasteiger partial charge in [0.05, 0.1) is 5.69 Å². The van der Waals surface area contributed by atoms with Gasteiger partial charge in [0.1, 0.15) is 0 Å². The molecule has 2 aliphatic heterocycles. The van der Waals surface area contributed by atoms with E-state index in [1.165, 1.54) is 0 Å². The molecule has 0 saturated carbocycles. The van der Waals surface area contributed by atoms with E-state index in [1.54, 1.807) is 23.9 Å². The lowest BCUT2D eigenvalue weighted by molar-refractivity contribution is -0.153. The van der Waals surface area contributed by atoms with Gasteiger partial charge >= 0.3 is 0 Å². The van der Waals surface area contributed by atoms with Crippen LogP contribution < -0.4 is 10.2 Å². The van der Waals surface area contributed by atoms with Crippen molar-refractivity contribution in [2.24, 2.45) is 0 Å². The Kier molecular flexibility index (Phi) is 3.41. The van der Waals surface area contributed by atoms with Crippen molar-refractivity contribution in [2.45, 2.75) is 37.5 Å². The summed E-state index contributed by atoms with van der Waals surface area (Å²) in [5.41, 5.74) is -1.15. The Hall–Kier alpha value is -1.66. The first kappa shape index (κ1) is 15.2. The number of rotatable bonds is 3. The van der Waals surface area contributed by atoms with Crippen LogP contribution in [0.2, 0.25) is 0 Å². The van der Waals surface area contributed by atoms with Gasteiger partial charge in [-0.15, -0.1) is 0 Å². The standard InChI is InChI=1S/C16H21N3O2S/c1-4-5-10-15-13(20)18(2)12-9-7-6-8-11(12)16(15,21)19(3)14(22)17-15/h6-9,21H,4-5,10H2,1-3H3,(H,17,22). The fourth-order valence-electron chi connectivity index (χ4n) is 3.64. The number of fused-ring (bicyclic) bond motifs is 3. The van der Waals surface area contributed by atoms with Gasteiger partial charge in [-0.25, -0.2) is 0 Å². The number of likely N-dealkylation sites (N-methyl/N-ethyl adjacent to an activating group) is 2. The Morgan fingerprint density at radius 2 is 2.00 bits per heavy atom. The first-order valence-corrected chi connectivity index (χ1v) is 7.97. The van der Waals surface area contributed by atoms with Crippen LogP contribution in [0.25, 0.3) is 0 Å². The van der Waals surface area contributed by atoms with Crippen molar-refractivity contribution < 1.29 is 9.90 Å². The van der Waals surface area contributed by atoms with Gasteiger partial charge in [0.15, 0.2) is 10.7 Å². The SMILES string of the molecule is CCCCC12NC(=S)N(C)C1(O)c1ccccc1N(C)C2=O. The predicted octanol–water partition coefficient (Wildman–Crippen LogP) is 1.56. The number of nitrogens with zero attached hydrogens (tertiary/aromatic N) is 2. The summed E-state index contributed by atoms with van der Waals surface area (Å²) in [6.07, 6.45) is 2.30. The lowest BCUT2D eigenvalue weighted by Gasteiger charge is -2.49. The molecule has 2 aliphatic rings. The summed E-state index contributed by atoms with van der Waals surface area (Å²) in [4.78, 5) is 16.3. The Balaban J connectivity index is 2.27. The zero-order valence-corrected chi connectivity index (χ0v) is 13.9. The van der Waals surface area contributed by atoms with Crippen molar-refractivity contribution in [3.05, 3.63) is 29.8 Å². The van der Waals surface area contributed by atoms with Gasteiger partial charge in [0.2, 0.25) is 5.72 Å². The second-order valence-corrected chi connectivity index (χ2v) is 6.44. The molecule has 2 heterocycles. The molecule has 5 nitrogen and oxygen atoms in total. The molecule has 0 aromatic heterocycles. The summed E-state index contributed by atoms with van der Waals surface area (Å²) in [5, 5.41) is 15.1. The fraction of sp³-hybridized carbons (Fsp3) is 0.500. The van der Waals surface area contributed by atoms with Crippen molar-refractivity contribution in [1.29, 1.82) is 0 Å². The number of thiocarbonyl (C=S) groups is 1. The first-order chi connectivity index (χ1) is 10.4. The highest BCUT2D eigenvalue weighted by Crippen LogP contribution is 2.50. The third kappa shape index (κ3) is 1.62. The van der Waals surface area contributed by atoms with E-state index >= 15 is 0 Å². The van der Waals surface area contributed by atoms with E-state index in [2.05, 4.69) is 12.2 Å². The summed E-state index contributed by atoms with van der Waals surface area (Å²) in [6, 6.07) is 7.46. The molecular formula is C16H21N3O2S. The molecule has 0 spiro atoms. The van der Waals surface area contributed by atoms with E-state index in [0.29, 0.717) is 17.1 Å². The normalized spacial score (nSPS) is 30.2. The smallest absolute Gasteiger partial charge is 0.257 e. The van der Waals surface area contributed by atoms with Crippen LogP contribution in [0.15, 0.2) is 24.3 Å². The molecule has 0 radical (unpaired) electrons. The number of para-hydroxylation sites is 1. The maximum absolute atomic E-state index is 13.1. The lowest BCUT2D eigenvalue weighted by atomic mass is 9.74. The van der Waals surface area contributed by atoms with Crippen molar-refractivity contribution >= 4 is 28.9 Å². The van der Waals surface area contributed by atoms with Crippen molar-refractivity contribution in [2.75, 3.05) is 19.0 Å². The Morgan fingerprint density at radius 1 is 1.32 bits per heavy atom. The minimum absolute atomic E-state index is 0.145. The molecule has 1 aromatic carbocycles. The molecule has 1 aromatic rings. The van der Waals surface area contributed by atoms with Crippen molar-refractivity contribution in [1.82, 2.24) is 10.2 Å². The lowest BCUT2D eigenvalue weighted by Crippen LogP contribution is -2.69. The number of hydrogen-bond donors (Lipinski definition) is 2. The number of anilines is 1. The van der Waals surface area contributed by atoms with Crippen molar-refractivity contribution in [3.8, 4) is 0 Å². The van der Waals surface area contributed by atoms with Gasteiger partial charge in [-0.1, -0.05) is 38.0 Å². The summed E-state index contributed by atoms with van der Waals surface area (Å²) >= 11 is 5.36. The predicted molar refractivity (Wildman–Crippen MR) is 89.5 cm³/mol. The number of carbonyl (C=O) groups is 1. The molecule has 1 saturated heterocycles. The largest absolute Gasteiger partial charge is 0.364 e. The maximum Gasteiger partial charge on any atom is 0.257 e. The Labute approximate surface area is 135 Å². The molecule has 0 bridgehead atoms. The average Bonchev–Trinajstić information content (AvgIpc) is 2.73. The van der Waals surface area contributed by atoms with Crippen LogP contribution in [0.1, 0.15) is 31.7 Å². The van der Waals surface area contributed by atoms with E-state index in [0.717, 1.165) is 18.5 Å². The second kappa shape index (κ2) is 4.93. The molecule has 0 aliphatic carbocycles. The summed E-state index contributed by atoms with van der Waals surface area (Å²) in [5.74, 6) is -0.145. The van der Waals surface area contributed by atoms with E-state index in [4.69, 9.17) is 12.2 Å². The molecule has 2 unspecified atom stereocenters. The van der Waals surface area contributed by atoms with E-state index < -0.39 is 11.3 Å². The van der Waals surface area contributed by atoms with Gasteiger partial charge in [0.25, 0.3) is 5.91 Å². The van der Waals surface area contributed by atoms with Crippen LogP contribution >= 0.6 is 12.2 Å². The monoisotopic (exact) mass is 319 g/mol.